The maximum Gasteiger partial charge on any atom is 0.316 e. The minimum absolute atomic E-state index is 0.0766. The fourth-order valence-corrected chi connectivity index (χ4v) is 3.48. The molecule has 3 aliphatic rings. The molecule has 8 heteroatoms. The van der Waals surface area contributed by atoms with E-state index in [1.165, 1.54) is 6.92 Å². The molecule has 24 heavy (non-hydrogen) atoms. The summed E-state index contributed by atoms with van der Waals surface area (Å²) in [6.07, 6.45) is 4.37. The number of aliphatic hydroxyl groups excluding tert-OH is 2. The number of nitrogens with one attached hydrogen (secondary N) is 1. The van der Waals surface area contributed by atoms with Gasteiger partial charge in [-0.3, -0.25) is 9.59 Å². The molecule has 132 valence electrons. The van der Waals surface area contributed by atoms with Crippen LogP contribution in [0, 0.1) is 23.2 Å². The number of rotatable bonds is 8. The van der Waals surface area contributed by atoms with Gasteiger partial charge in [-0.2, -0.15) is 0 Å². The van der Waals surface area contributed by atoms with Crippen molar-refractivity contribution in [3.05, 3.63) is 12.2 Å². The fourth-order valence-electron chi connectivity index (χ4n) is 3.48. The predicted molar refractivity (Wildman–Crippen MR) is 79.5 cm³/mol. The Kier molecular flexibility index (Phi) is 4.23. The molecule has 0 bridgehead atoms. The molecule has 1 saturated heterocycles. The number of amides is 1. The van der Waals surface area contributed by atoms with Crippen LogP contribution >= 0.6 is 0 Å². The van der Waals surface area contributed by atoms with Crippen LogP contribution in [-0.4, -0.2) is 66.4 Å². The Morgan fingerprint density at radius 1 is 1.42 bits per heavy atom. The number of aliphatic hydroxyl groups is 2. The summed E-state index contributed by atoms with van der Waals surface area (Å²) in [5, 5.41) is 20.9. The molecule has 5 atom stereocenters. The lowest BCUT2D eigenvalue weighted by Crippen LogP contribution is -2.43. The third-order valence-corrected chi connectivity index (χ3v) is 5.24. The van der Waals surface area contributed by atoms with Crippen molar-refractivity contribution >= 4 is 18.2 Å². The molecule has 0 aromatic carbocycles. The van der Waals surface area contributed by atoms with E-state index in [2.05, 4.69) is 5.32 Å². The second kappa shape index (κ2) is 5.94. The van der Waals surface area contributed by atoms with E-state index < -0.39 is 42.0 Å². The van der Waals surface area contributed by atoms with E-state index in [1.54, 1.807) is 0 Å². The summed E-state index contributed by atoms with van der Waals surface area (Å²) in [5.74, 6) is -1.99. The smallest absolute Gasteiger partial charge is 0.316 e. The maximum absolute atomic E-state index is 12.3. The number of ether oxygens (including phenoxy) is 2. The van der Waals surface area contributed by atoms with Crippen LogP contribution in [0.5, 0.6) is 0 Å². The second-order valence-electron chi connectivity index (χ2n) is 6.82. The third-order valence-electron chi connectivity index (χ3n) is 5.24. The quantitative estimate of drug-likeness (QED) is 0.160. The Labute approximate surface area is 138 Å². The molecule has 8 nitrogen and oxygen atoms in total. The number of hydrogen-bond donors (Lipinski definition) is 3. The SMILES string of the molecule is CC(CO)(CO)C(=O)OCCNC(=O)C1C(C=O)C2OC23C=CC13. The van der Waals surface area contributed by atoms with E-state index in [4.69, 9.17) is 19.7 Å². The van der Waals surface area contributed by atoms with E-state index in [0.29, 0.717) is 0 Å². The second-order valence-corrected chi connectivity index (χ2v) is 6.82. The summed E-state index contributed by atoms with van der Waals surface area (Å²) < 4.78 is 10.5. The maximum atomic E-state index is 12.3. The lowest BCUT2D eigenvalue weighted by atomic mass is 9.77. The van der Waals surface area contributed by atoms with Crippen LogP contribution in [0.1, 0.15) is 6.92 Å². The number of hydrogen-bond acceptors (Lipinski definition) is 7. The molecule has 1 saturated carbocycles. The Balaban J connectivity index is 1.46. The number of carbonyl (C=O) groups is 3. The largest absolute Gasteiger partial charge is 0.463 e. The summed E-state index contributed by atoms with van der Waals surface area (Å²) in [6.45, 7) is 0.332. The molecule has 2 fully saturated rings. The molecule has 5 unspecified atom stereocenters. The van der Waals surface area contributed by atoms with Crippen LogP contribution in [0.4, 0.5) is 0 Å². The monoisotopic (exact) mass is 339 g/mol. The summed E-state index contributed by atoms with van der Waals surface area (Å²) in [5.41, 5.74) is -1.77. The van der Waals surface area contributed by atoms with E-state index in [-0.39, 0.29) is 31.1 Å². The van der Waals surface area contributed by atoms with Gasteiger partial charge in [0.15, 0.2) is 0 Å². The molecule has 0 aromatic rings. The van der Waals surface area contributed by atoms with Gasteiger partial charge in [0.1, 0.15) is 30.0 Å². The molecule has 0 radical (unpaired) electrons. The van der Waals surface area contributed by atoms with Crippen LogP contribution in [-0.2, 0) is 23.9 Å². The number of epoxide rings is 1. The van der Waals surface area contributed by atoms with Gasteiger partial charge in [0.25, 0.3) is 0 Å². The van der Waals surface area contributed by atoms with E-state index >= 15 is 0 Å². The minimum atomic E-state index is -1.36. The molecular weight excluding hydrogens is 318 g/mol. The van der Waals surface area contributed by atoms with Gasteiger partial charge >= 0.3 is 5.97 Å². The average Bonchev–Trinajstić information content (AvgIpc) is 3.30. The zero-order chi connectivity index (χ0) is 17.5. The van der Waals surface area contributed by atoms with Gasteiger partial charge in [-0.15, -0.1) is 0 Å². The van der Waals surface area contributed by atoms with E-state index in [0.717, 1.165) is 6.29 Å². The first-order valence-electron chi connectivity index (χ1n) is 7.92. The molecule has 1 aliphatic heterocycles. The van der Waals surface area contributed by atoms with Crippen LogP contribution in [0.25, 0.3) is 0 Å². The molecule has 3 N–H and O–H groups in total. The molecule has 1 amide bonds. The zero-order valence-electron chi connectivity index (χ0n) is 13.3. The van der Waals surface area contributed by atoms with Crippen molar-refractivity contribution in [2.75, 3.05) is 26.4 Å². The first-order chi connectivity index (χ1) is 11.4. The lowest BCUT2D eigenvalue weighted by Gasteiger charge is -2.29. The Morgan fingerprint density at radius 3 is 2.67 bits per heavy atom. The summed E-state index contributed by atoms with van der Waals surface area (Å²) in [6, 6.07) is 0. The van der Waals surface area contributed by atoms with Crippen molar-refractivity contribution in [2.24, 2.45) is 23.2 Å². The van der Waals surface area contributed by atoms with Crippen LogP contribution < -0.4 is 5.32 Å². The van der Waals surface area contributed by atoms with Gasteiger partial charge in [0, 0.05) is 5.92 Å². The highest BCUT2D eigenvalue weighted by atomic mass is 16.6. The number of esters is 1. The topological polar surface area (TPSA) is 125 Å². The van der Waals surface area contributed by atoms with Gasteiger partial charge in [-0.1, -0.05) is 12.2 Å². The lowest BCUT2D eigenvalue weighted by molar-refractivity contribution is -0.160. The summed E-state index contributed by atoms with van der Waals surface area (Å²) >= 11 is 0. The molecule has 3 rings (SSSR count). The molecule has 1 spiro atoms. The minimum Gasteiger partial charge on any atom is -0.463 e. The summed E-state index contributed by atoms with van der Waals surface area (Å²) in [7, 11) is 0. The van der Waals surface area contributed by atoms with Gasteiger partial charge < -0.3 is 29.8 Å². The number of carbonyl (C=O) groups excluding carboxylic acids is 3. The van der Waals surface area contributed by atoms with Crippen molar-refractivity contribution < 1.29 is 34.1 Å². The van der Waals surface area contributed by atoms with Crippen LogP contribution in [0.2, 0.25) is 0 Å². The zero-order valence-corrected chi connectivity index (χ0v) is 13.3. The van der Waals surface area contributed by atoms with Gasteiger partial charge in [0.2, 0.25) is 5.91 Å². The van der Waals surface area contributed by atoms with Crippen LogP contribution in [0.3, 0.4) is 0 Å². The van der Waals surface area contributed by atoms with Crippen molar-refractivity contribution in [3.8, 4) is 0 Å². The van der Waals surface area contributed by atoms with Crippen molar-refractivity contribution in [2.45, 2.75) is 18.6 Å². The summed E-state index contributed by atoms with van der Waals surface area (Å²) in [4.78, 5) is 35.4. The molecular formula is C16H21NO7. The molecule has 0 aromatic heterocycles. The van der Waals surface area contributed by atoms with Crippen molar-refractivity contribution in [3.63, 3.8) is 0 Å². The standard InChI is InChI=1S/C16H21NO7/c1-15(7-19,8-20)14(22)23-5-4-17-13(21)11-9(6-18)12-16(24-12)3-2-10(11)16/h2-3,6,9-12,19-20H,4-5,7-8H2,1H3,(H,17,21). The highest BCUT2D eigenvalue weighted by molar-refractivity contribution is 5.85. The van der Waals surface area contributed by atoms with Gasteiger partial charge in [0.05, 0.1) is 31.6 Å². The Hall–Kier alpha value is -1.77. The predicted octanol–water partition coefficient (Wildman–Crippen LogP) is -1.59. The third kappa shape index (κ3) is 2.37. The highest BCUT2D eigenvalue weighted by Gasteiger charge is 2.76. The van der Waals surface area contributed by atoms with Crippen molar-refractivity contribution in [1.29, 1.82) is 0 Å². The van der Waals surface area contributed by atoms with E-state index in [1.807, 2.05) is 12.2 Å². The van der Waals surface area contributed by atoms with Crippen molar-refractivity contribution in [1.82, 2.24) is 5.32 Å². The fraction of sp³-hybridized carbons (Fsp3) is 0.688. The molecule has 2 aliphatic carbocycles. The molecule has 1 heterocycles. The number of aldehydes is 1. The van der Waals surface area contributed by atoms with Gasteiger partial charge in [-0.05, 0) is 6.92 Å². The highest BCUT2D eigenvalue weighted by Crippen LogP contribution is 2.64. The Bertz CT molecular complexity index is 585. The van der Waals surface area contributed by atoms with E-state index in [9.17, 15) is 14.4 Å². The first kappa shape index (κ1) is 17.1. The average molecular weight is 339 g/mol. The van der Waals surface area contributed by atoms with Crippen LogP contribution in [0.15, 0.2) is 12.2 Å². The normalized spacial score (nSPS) is 35.5. The Morgan fingerprint density at radius 2 is 2.12 bits per heavy atom. The van der Waals surface area contributed by atoms with Gasteiger partial charge in [-0.25, -0.2) is 0 Å². The first-order valence-corrected chi connectivity index (χ1v) is 7.92.